The second-order valence-corrected chi connectivity index (χ2v) is 11.2. The number of imidazole rings is 1. The highest BCUT2D eigenvalue weighted by Crippen LogP contribution is 2.34. The van der Waals surface area contributed by atoms with Crippen molar-refractivity contribution < 1.29 is 4.79 Å². The predicted octanol–water partition coefficient (Wildman–Crippen LogP) is 4.61. The summed E-state index contributed by atoms with van der Waals surface area (Å²) in [7, 11) is 0. The highest BCUT2D eigenvalue weighted by Gasteiger charge is 2.27. The Morgan fingerprint density at radius 3 is 2.42 bits per heavy atom. The first-order valence-electron chi connectivity index (χ1n) is 14.4. The minimum atomic E-state index is 0.278. The van der Waals surface area contributed by atoms with E-state index in [9.17, 15) is 4.79 Å². The zero-order chi connectivity index (χ0) is 24.9. The molecule has 5 rings (SSSR count). The second kappa shape index (κ2) is 11.8. The number of hydrogen-bond donors (Lipinski definition) is 3. The van der Waals surface area contributed by atoms with Gasteiger partial charge in [0.1, 0.15) is 0 Å². The molecule has 0 unspecified atom stereocenters. The zero-order valence-electron chi connectivity index (χ0n) is 21.9. The van der Waals surface area contributed by atoms with Gasteiger partial charge in [-0.3, -0.25) is 4.79 Å². The summed E-state index contributed by atoms with van der Waals surface area (Å²) in [5, 5.41) is 7.31. The summed E-state index contributed by atoms with van der Waals surface area (Å²) in [6, 6.07) is 1.43. The van der Waals surface area contributed by atoms with Gasteiger partial charge in [-0.2, -0.15) is 9.97 Å². The van der Waals surface area contributed by atoms with Crippen LogP contribution in [0, 0.1) is 0 Å². The quantitative estimate of drug-likeness (QED) is 0.435. The van der Waals surface area contributed by atoms with E-state index in [1.165, 1.54) is 25.7 Å². The first-order valence-corrected chi connectivity index (χ1v) is 14.4. The Bertz CT molecular complexity index is 1000. The lowest BCUT2D eigenvalue weighted by molar-refractivity contribution is -0.132. The Morgan fingerprint density at radius 1 is 0.972 bits per heavy atom. The molecule has 0 bridgehead atoms. The third-order valence-corrected chi connectivity index (χ3v) is 8.43. The first-order chi connectivity index (χ1) is 17.6. The molecule has 0 spiro atoms. The number of piperidine rings is 1. The molecular formula is C27H44N8O. The van der Waals surface area contributed by atoms with Crippen molar-refractivity contribution in [2.75, 3.05) is 23.7 Å². The molecule has 36 heavy (non-hydrogen) atoms. The van der Waals surface area contributed by atoms with Crippen LogP contribution in [-0.2, 0) is 4.79 Å². The number of carbonyl (C=O) groups is 1. The summed E-state index contributed by atoms with van der Waals surface area (Å²) >= 11 is 0. The van der Waals surface area contributed by atoms with Crippen molar-refractivity contribution >= 4 is 28.8 Å². The van der Waals surface area contributed by atoms with Gasteiger partial charge in [-0.1, -0.05) is 32.6 Å². The van der Waals surface area contributed by atoms with Crippen molar-refractivity contribution in [1.29, 1.82) is 0 Å². The molecule has 2 aliphatic carbocycles. The number of nitrogens with one attached hydrogen (secondary N) is 2. The number of hydrogen-bond acceptors (Lipinski definition) is 7. The van der Waals surface area contributed by atoms with E-state index in [1.807, 2.05) is 11.2 Å². The first kappa shape index (κ1) is 25.2. The van der Waals surface area contributed by atoms with Crippen LogP contribution >= 0.6 is 0 Å². The highest BCUT2D eigenvalue weighted by molar-refractivity contribution is 5.84. The number of carbonyl (C=O) groups excluding carboxylic acids is 1. The Balaban J connectivity index is 1.30. The Morgan fingerprint density at radius 2 is 1.69 bits per heavy atom. The van der Waals surface area contributed by atoms with Crippen LogP contribution in [-0.4, -0.2) is 61.5 Å². The van der Waals surface area contributed by atoms with Crippen molar-refractivity contribution in [1.82, 2.24) is 24.4 Å². The number of amides is 1. The fourth-order valence-corrected chi connectivity index (χ4v) is 6.13. The molecule has 0 radical (unpaired) electrons. The topological polar surface area (TPSA) is 114 Å². The van der Waals surface area contributed by atoms with E-state index < -0.39 is 0 Å². The lowest BCUT2D eigenvalue weighted by atomic mass is 9.92. The monoisotopic (exact) mass is 496 g/mol. The maximum atomic E-state index is 12.6. The third kappa shape index (κ3) is 5.93. The lowest BCUT2D eigenvalue weighted by Gasteiger charge is -2.33. The second-order valence-electron chi connectivity index (χ2n) is 11.2. The van der Waals surface area contributed by atoms with Gasteiger partial charge in [0.25, 0.3) is 0 Å². The minimum Gasteiger partial charge on any atom is -0.365 e. The molecule has 1 aliphatic heterocycles. The summed E-state index contributed by atoms with van der Waals surface area (Å²) < 4.78 is 2.27. The summed E-state index contributed by atoms with van der Waals surface area (Å²) in [5.41, 5.74) is 7.91. The molecule has 1 amide bonds. The molecule has 2 aromatic rings. The maximum Gasteiger partial charge on any atom is 0.227 e. The molecular weight excluding hydrogens is 452 g/mol. The van der Waals surface area contributed by atoms with Gasteiger partial charge in [-0.15, -0.1) is 0 Å². The van der Waals surface area contributed by atoms with Crippen LogP contribution in [0.3, 0.4) is 0 Å². The van der Waals surface area contributed by atoms with Gasteiger partial charge in [-0.25, -0.2) is 4.98 Å². The molecule has 3 aliphatic rings. The van der Waals surface area contributed by atoms with Gasteiger partial charge in [-0.05, 0) is 57.8 Å². The fraction of sp³-hybridized carbons (Fsp3) is 0.778. The van der Waals surface area contributed by atoms with Crippen LogP contribution < -0.4 is 16.4 Å². The molecule has 198 valence electrons. The fourth-order valence-electron chi connectivity index (χ4n) is 6.13. The van der Waals surface area contributed by atoms with Crippen molar-refractivity contribution in [3.63, 3.8) is 0 Å². The minimum absolute atomic E-state index is 0.278. The van der Waals surface area contributed by atoms with E-state index in [1.54, 1.807) is 0 Å². The molecule has 0 aromatic carbocycles. The number of nitrogens with zero attached hydrogens (tertiary/aromatic N) is 5. The molecule has 1 saturated heterocycles. The summed E-state index contributed by atoms with van der Waals surface area (Å²) in [6.07, 6.45) is 16.9. The van der Waals surface area contributed by atoms with E-state index in [4.69, 9.17) is 20.7 Å². The Hall–Kier alpha value is -2.42. The average molecular weight is 497 g/mol. The van der Waals surface area contributed by atoms with Crippen LogP contribution in [0.4, 0.5) is 11.8 Å². The van der Waals surface area contributed by atoms with Crippen LogP contribution in [0.5, 0.6) is 0 Å². The van der Waals surface area contributed by atoms with Gasteiger partial charge >= 0.3 is 0 Å². The SMILES string of the molecule is CCCCCC(=O)N1CCC(Nc2nc(NC3CCC(N)CC3)nc3c2ncn3C2CCCC2)CC1. The number of rotatable bonds is 9. The van der Waals surface area contributed by atoms with Crippen molar-refractivity contribution in [3.8, 4) is 0 Å². The number of anilines is 2. The smallest absolute Gasteiger partial charge is 0.227 e. The van der Waals surface area contributed by atoms with Crippen LogP contribution in [0.15, 0.2) is 6.33 Å². The summed E-state index contributed by atoms with van der Waals surface area (Å²) in [5.74, 6) is 1.81. The van der Waals surface area contributed by atoms with Crippen LogP contribution in [0.25, 0.3) is 11.2 Å². The van der Waals surface area contributed by atoms with E-state index in [-0.39, 0.29) is 6.04 Å². The van der Waals surface area contributed by atoms with E-state index >= 15 is 0 Å². The van der Waals surface area contributed by atoms with Crippen molar-refractivity contribution in [2.45, 2.75) is 121 Å². The number of aromatic nitrogens is 4. The van der Waals surface area contributed by atoms with Crippen LogP contribution in [0.2, 0.25) is 0 Å². The standard InChI is InChI=1S/C27H44N8O/c1-2-3-4-9-23(36)34-16-14-21(15-17-34)30-25-24-26(35(18-29-24)22-7-5-6-8-22)33-27(32-25)31-20-12-10-19(28)11-13-20/h18-22H,2-17,28H2,1H3,(H2,30,31,32,33). The average Bonchev–Trinajstić information content (AvgIpc) is 3.56. The van der Waals surface area contributed by atoms with E-state index in [0.717, 1.165) is 87.9 Å². The molecule has 4 N–H and O–H groups in total. The third-order valence-electron chi connectivity index (χ3n) is 8.43. The number of nitrogens with two attached hydrogens (primary N) is 1. The summed E-state index contributed by atoms with van der Waals surface area (Å²) in [4.78, 5) is 29.3. The highest BCUT2D eigenvalue weighted by atomic mass is 16.2. The van der Waals surface area contributed by atoms with Gasteiger partial charge in [0.2, 0.25) is 11.9 Å². The number of likely N-dealkylation sites (tertiary alicyclic amines) is 1. The molecule has 9 nitrogen and oxygen atoms in total. The molecule has 2 aromatic heterocycles. The van der Waals surface area contributed by atoms with E-state index in [2.05, 4.69) is 22.1 Å². The van der Waals surface area contributed by atoms with Gasteiger partial charge in [0.05, 0.1) is 6.33 Å². The van der Waals surface area contributed by atoms with E-state index in [0.29, 0.717) is 36.4 Å². The largest absolute Gasteiger partial charge is 0.365 e. The van der Waals surface area contributed by atoms with Crippen molar-refractivity contribution in [3.05, 3.63) is 6.33 Å². The predicted molar refractivity (Wildman–Crippen MR) is 144 cm³/mol. The molecule has 3 fully saturated rings. The summed E-state index contributed by atoms with van der Waals surface area (Å²) in [6.45, 7) is 3.79. The van der Waals surface area contributed by atoms with Gasteiger partial charge in [0, 0.05) is 43.7 Å². The maximum absolute atomic E-state index is 12.6. The van der Waals surface area contributed by atoms with Gasteiger partial charge < -0.3 is 25.8 Å². The molecule has 0 atom stereocenters. The van der Waals surface area contributed by atoms with Crippen LogP contribution in [0.1, 0.15) is 103 Å². The molecule has 3 heterocycles. The molecule has 9 heteroatoms. The molecule has 2 saturated carbocycles. The zero-order valence-corrected chi connectivity index (χ0v) is 21.9. The van der Waals surface area contributed by atoms with Crippen molar-refractivity contribution in [2.24, 2.45) is 5.73 Å². The number of unbranched alkanes of at least 4 members (excludes halogenated alkanes) is 2. The Kier molecular flexibility index (Phi) is 8.24. The number of fused-ring (bicyclic) bond motifs is 1. The van der Waals surface area contributed by atoms with Gasteiger partial charge in [0.15, 0.2) is 17.0 Å². The Labute approximate surface area is 215 Å². The lowest BCUT2D eigenvalue weighted by Crippen LogP contribution is -2.42. The normalized spacial score (nSPS) is 23.9.